The summed E-state index contributed by atoms with van der Waals surface area (Å²) in [4.78, 5) is 12.5. The van der Waals surface area contributed by atoms with Crippen LogP contribution in [-0.4, -0.2) is 11.2 Å². The van der Waals surface area contributed by atoms with E-state index in [1.165, 1.54) is 12.5 Å². The van der Waals surface area contributed by atoms with Gasteiger partial charge in [0.2, 0.25) is 5.43 Å². The van der Waals surface area contributed by atoms with Gasteiger partial charge in [-0.2, -0.15) is 5.10 Å². The number of rotatable bonds is 2. The molecule has 0 aliphatic heterocycles. The van der Waals surface area contributed by atoms with Crippen LogP contribution in [0.3, 0.4) is 0 Å². The Morgan fingerprint density at radius 1 is 1.47 bits per heavy atom. The smallest absolute Gasteiger partial charge is 0.201 e. The Kier molecular flexibility index (Phi) is 3.30. The molecule has 4 nitrogen and oxygen atoms in total. The molecule has 0 unspecified atom stereocenters. The molecule has 0 radical (unpaired) electrons. The molecule has 2 rings (SSSR count). The first-order valence-corrected chi connectivity index (χ1v) is 5.39. The molecule has 0 aliphatic carbocycles. The number of thiocarbonyl (C=S) groups is 1. The third kappa shape index (κ3) is 2.57. The predicted molar refractivity (Wildman–Crippen MR) is 71.5 cm³/mol. The van der Waals surface area contributed by atoms with Gasteiger partial charge >= 0.3 is 0 Å². The van der Waals surface area contributed by atoms with Gasteiger partial charge in [-0.15, -0.1) is 0 Å². The fourth-order valence-corrected chi connectivity index (χ4v) is 1.43. The minimum Gasteiger partial charge on any atom is -0.463 e. The van der Waals surface area contributed by atoms with E-state index >= 15 is 0 Å². The standard InChI is InChI=1S/C12H10N2O2S/c1-8(17)14-13-6-9-7-16-11-5-3-2-4-10(11)12(9)15/h2-7H,1H3,(H,14,17)/b13-6+. The largest absolute Gasteiger partial charge is 0.463 e. The van der Waals surface area contributed by atoms with Crippen LogP contribution in [-0.2, 0) is 0 Å². The molecule has 0 aliphatic rings. The molecule has 2 aromatic rings. The van der Waals surface area contributed by atoms with Crippen LogP contribution >= 0.6 is 12.2 Å². The molecule has 0 atom stereocenters. The molecule has 1 heterocycles. The summed E-state index contributed by atoms with van der Waals surface area (Å²) >= 11 is 4.79. The Bertz CT molecular complexity index is 646. The molecule has 0 bridgehead atoms. The number of nitrogens with zero attached hydrogens (tertiary/aromatic N) is 1. The molecule has 1 aromatic heterocycles. The Balaban J connectivity index is 2.43. The Hall–Kier alpha value is -2.01. The number of benzene rings is 1. The van der Waals surface area contributed by atoms with Crippen molar-refractivity contribution in [1.82, 2.24) is 5.43 Å². The van der Waals surface area contributed by atoms with Crippen molar-refractivity contribution in [2.24, 2.45) is 5.10 Å². The molecular formula is C12H10N2O2S. The van der Waals surface area contributed by atoms with Gasteiger partial charge in [0, 0.05) is 0 Å². The summed E-state index contributed by atoms with van der Waals surface area (Å²) in [5.74, 6) is 0. The zero-order valence-electron chi connectivity index (χ0n) is 9.14. The topological polar surface area (TPSA) is 54.6 Å². The van der Waals surface area contributed by atoms with Crippen molar-refractivity contribution < 1.29 is 4.42 Å². The SMILES string of the molecule is CC(=S)N/N=C/c1coc2ccccc2c1=O. The van der Waals surface area contributed by atoms with Crippen LogP contribution in [0, 0.1) is 0 Å². The van der Waals surface area contributed by atoms with Crippen LogP contribution in [0.15, 0.2) is 44.8 Å². The maximum absolute atomic E-state index is 12.0. The summed E-state index contributed by atoms with van der Waals surface area (Å²) in [6.07, 6.45) is 2.78. The average molecular weight is 246 g/mol. The van der Waals surface area contributed by atoms with E-state index in [1.54, 1.807) is 25.1 Å². The summed E-state index contributed by atoms with van der Waals surface area (Å²) < 4.78 is 5.33. The number of para-hydroxylation sites is 1. The third-order valence-corrected chi connectivity index (χ3v) is 2.22. The van der Waals surface area contributed by atoms with Gasteiger partial charge in [0.15, 0.2) is 0 Å². The monoisotopic (exact) mass is 246 g/mol. The number of hydrogen-bond donors (Lipinski definition) is 1. The minimum atomic E-state index is -0.112. The molecule has 1 aromatic carbocycles. The summed E-state index contributed by atoms with van der Waals surface area (Å²) in [6, 6.07) is 7.07. The van der Waals surface area contributed by atoms with E-state index in [9.17, 15) is 4.79 Å². The summed E-state index contributed by atoms with van der Waals surface area (Å²) in [7, 11) is 0. The first kappa shape index (κ1) is 11.5. The summed E-state index contributed by atoms with van der Waals surface area (Å²) in [5.41, 5.74) is 3.42. The van der Waals surface area contributed by atoms with Gasteiger partial charge in [0.05, 0.1) is 22.2 Å². The highest BCUT2D eigenvalue weighted by Gasteiger charge is 2.03. The van der Waals surface area contributed by atoms with Crippen LogP contribution in [0.5, 0.6) is 0 Å². The van der Waals surface area contributed by atoms with E-state index in [4.69, 9.17) is 16.6 Å². The molecule has 0 saturated carbocycles. The van der Waals surface area contributed by atoms with Crippen LogP contribution < -0.4 is 10.9 Å². The highest BCUT2D eigenvalue weighted by molar-refractivity contribution is 7.80. The van der Waals surface area contributed by atoms with E-state index in [1.807, 2.05) is 6.07 Å². The summed E-state index contributed by atoms with van der Waals surface area (Å²) in [6.45, 7) is 1.70. The molecule has 86 valence electrons. The zero-order valence-corrected chi connectivity index (χ0v) is 9.95. The van der Waals surface area contributed by atoms with Crippen molar-refractivity contribution in [3.8, 4) is 0 Å². The molecule has 0 amide bonds. The lowest BCUT2D eigenvalue weighted by atomic mass is 10.2. The van der Waals surface area contributed by atoms with Gasteiger partial charge in [-0.3, -0.25) is 10.2 Å². The van der Waals surface area contributed by atoms with E-state index in [0.717, 1.165) is 0 Å². The average Bonchev–Trinajstić information content (AvgIpc) is 2.32. The number of nitrogens with one attached hydrogen (secondary N) is 1. The lowest BCUT2D eigenvalue weighted by Gasteiger charge is -1.97. The predicted octanol–water partition coefficient (Wildman–Crippen LogP) is 2.06. The molecule has 5 heteroatoms. The molecule has 0 fully saturated rings. The maximum Gasteiger partial charge on any atom is 0.201 e. The second-order valence-electron chi connectivity index (χ2n) is 3.44. The normalized spacial score (nSPS) is 10.9. The number of hydrazone groups is 1. The summed E-state index contributed by atoms with van der Waals surface area (Å²) in [5, 5.41) is 4.37. The quantitative estimate of drug-likeness (QED) is 0.500. The highest BCUT2D eigenvalue weighted by atomic mass is 32.1. The van der Waals surface area contributed by atoms with Gasteiger partial charge in [-0.1, -0.05) is 24.4 Å². The van der Waals surface area contributed by atoms with Crippen LogP contribution in [0.4, 0.5) is 0 Å². The Labute approximate surface area is 103 Å². The fraction of sp³-hybridized carbons (Fsp3) is 0.0833. The second kappa shape index (κ2) is 4.88. The molecule has 17 heavy (non-hydrogen) atoms. The van der Waals surface area contributed by atoms with Crippen molar-refractivity contribution in [3.63, 3.8) is 0 Å². The van der Waals surface area contributed by atoms with Crippen LogP contribution in [0.1, 0.15) is 12.5 Å². The van der Waals surface area contributed by atoms with Gasteiger partial charge in [-0.25, -0.2) is 0 Å². The molecule has 0 spiro atoms. The van der Waals surface area contributed by atoms with Gasteiger partial charge in [-0.05, 0) is 19.1 Å². The maximum atomic E-state index is 12.0. The van der Waals surface area contributed by atoms with Gasteiger partial charge in [0.25, 0.3) is 0 Å². The third-order valence-electron chi connectivity index (χ3n) is 2.13. The van der Waals surface area contributed by atoms with Crippen molar-refractivity contribution >= 4 is 34.4 Å². The van der Waals surface area contributed by atoms with Crippen molar-refractivity contribution in [1.29, 1.82) is 0 Å². The lowest BCUT2D eigenvalue weighted by molar-refractivity contribution is 0.601. The number of fused-ring (bicyclic) bond motifs is 1. The molecule has 0 saturated heterocycles. The van der Waals surface area contributed by atoms with Crippen molar-refractivity contribution in [3.05, 3.63) is 46.3 Å². The van der Waals surface area contributed by atoms with Gasteiger partial charge < -0.3 is 4.42 Å². The lowest BCUT2D eigenvalue weighted by Crippen LogP contribution is -2.13. The minimum absolute atomic E-state index is 0.112. The molecule has 1 N–H and O–H groups in total. The Morgan fingerprint density at radius 2 is 2.24 bits per heavy atom. The van der Waals surface area contributed by atoms with Crippen LogP contribution in [0.25, 0.3) is 11.0 Å². The van der Waals surface area contributed by atoms with Crippen molar-refractivity contribution in [2.75, 3.05) is 0 Å². The number of hydrogen-bond acceptors (Lipinski definition) is 4. The zero-order chi connectivity index (χ0) is 12.3. The van der Waals surface area contributed by atoms with E-state index in [-0.39, 0.29) is 5.43 Å². The van der Waals surface area contributed by atoms with E-state index < -0.39 is 0 Å². The Morgan fingerprint density at radius 3 is 3.00 bits per heavy atom. The first-order valence-electron chi connectivity index (χ1n) is 4.98. The fourth-order valence-electron chi connectivity index (χ4n) is 1.37. The first-order chi connectivity index (χ1) is 8.18. The van der Waals surface area contributed by atoms with Crippen LogP contribution in [0.2, 0.25) is 0 Å². The van der Waals surface area contributed by atoms with E-state index in [0.29, 0.717) is 21.5 Å². The second-order valence-corrected chi connectivity index (χ2v) is 4.05. The van der Waals surface area contributed by atoms with Crippen molar-refractivity contribution in [2.45, 2.75) is 6.92 Å². The highest BCUT2D eigenvalue weighted by Crippen LogP contribution is 2.09. The van der Waals surface area contributed by atoms with Gasteiger partial charge in [0.1, 0.15) is 11.8 Å². The van der Waals surface area contributed by atoms with E-state index in [2.05, 4.69) is 10.5 Å². The molecular weight excluding hydrogens is 236 g/mol.